The van der Waals surface area contributed by atoms with Crippen LogP contribution >= 0.6 is 0 Å². The highest BCUT2D eigenvalue weighted by Gasteiger charge is 2.16. The van der Waals surface area contributed by atoms with Crippen molar-refractivity contribution in [3.63, 3.8) is 0 Å². The molecule has 0 radical (unpaired) electrons. The van der Waals surface area contributed by atoms with Crippen LogP contribution in [0.1, 0.15) is 12.0 Å². The number of nitrogens with zero attached hydrogens (tertiary/aromatic N) is 1. The van der Waals surface area contributed by atoms with Crippen LogP contribution in [-0.4, -0.2) is 38.1 Å². The number of hydrogen-bond donors (Lipinski definition) is 2. The molecular weight excluding hydrogens is 370 g/mol. The second kappa shape index (κ2) is 9.13. The molecule has 0 heterocycles. The van der Waals surface area contributed by atoms with Gasteiger partial charge in [-0.15, -0.1) is 0 Å². The highest BCUT2D eigenvalue weighted by molar-refractivity contribution is 7.91. The monoisotopic (exact) mass is 391 g/mol. The number of rotatable bonds is 9. The average molecular weight is 391 g/mol. The van der Waals surface area contributed by atoms with Crippen molar-refractivity contribution in [2.45, 2.75) is 18.2 Å². The van der Waals surface area contributed by atoms with Crippen molar-refractivity contribution in [2.75, 3.05) is 24.2 Å². The van der Waals surface area contributed by atoms with E-state index in [0.717, 1.165) is 5.56 Å². The van der Waals surface area contributed by atoms with E-state index in [1.807, 2.05) is 6.92 Å². The minimum atomic E-state index is -3.49. The molecule has 0 aliphatic heterocycles. The maximum absolute atomic E-state index is 12.2. The van der Waals surface area contributed by atoms with Crippen LogP contribution in [0.3, 0.4) is 0 Å². The van der Waals surface area contributed by atoms with Crippen LogP contribution in [0.5, 0.6) is 0 Å². The fourth-order valence-corrected chi connectivity index (χ4v) is 3.53. The van der Waals surface area contributed by atoms with Gasteiger partial charge in [-0.05, 0) is 31.2 Å². The Morgan fingerprint density at radius 1 is 1.04 bits per heavy atom. The van der Waals surface area contributed by atoms with Gasteiger partial charge in [0.1, 0.15) is 0 Å². The molecule has 0 bridgehead atoms. The average Bonchev–Trinajstić information content (AvgIpc) is 2.64. The van der Waals surface area contributed by atoms with Gasteiger partial charge in [0.25, 0.3) is 5.69 Å². The molecular formula is C18H21N3O5S. The fourth-order valence-electron chi connectivity index (χ4n) is 2.29. The predicted molar refractivity (Wildman–Crippen MR) is 102 cm³/mol. The van der Waals surface area contributed by atoms with Crippen LogP contribution in [0.4, 0.5) is 11.4 Å². The quantitative estimate of drug-likeness (QED) is 0.385. The van der Waals surface area contributed by atoms with Crippen molar-refractivity contribution < 1.29 is 18.1 Å². The van der Waals surface area contributed by atoms with Crippen LogP contribution in [0.2, 0.25) is 0 Å². The lowest BCUT2D eigenvalue weighted by atomic mass is 10.2. The van der Waals surface area contributed by atoms with Crippen molar-refractivity contribution in [1.29, 1.82) is 0 Å². The first-order chi connectivity index (χ1) is 12.8. The van der Waals surface area contributed by atoms with Gasteiger partial charge in [-0.3, -0.25) is 14.9 Å². The van der Waals surface area contributed by atoms with E-state index in [9.17, 15) is 23.3 Å². The summed E-state index contributed by atoms with van der Waals surface area (Å²) in [5, 5.41) is 16.2. The summed E-state index contributed by atoms with van der Waals surface area (Å²) in [5.41, 5.74) is 1.66. The third kappa shape index (κ3) is 6.37. The van der Waals surface area contributed by atoms with Gasteiger partial charge in [0, 0.05) is 37.3 Å². The van der Waals surface area contributed by atoms with Gasteiger partial charge in [0.15, 0.2) is 9.84 Å². The van der Waals surface area contributed by atoms with Crippen LogP contribution in [0.25, 0.3) is 0 Å². The number of hydrogen-bond acceptors (Lipinski definition) is 6. The second-order valence-electron chi connectivity index (χ2n) is 5.96. The Morgan fingerprint density at radius 3 is 2.26 bits per heavy atom. The molecule has 0 aliphatic rings. The van der Waals surface area contributed by atoms with E-state index in [0.29, 0.717) is 18.8 Å². The molecule has 0 saturated heterocycles. The Hall–Kier alpha value is -2.94. The van der Waals surface area contributed by atoms with Crippen LogP contribution in [0.15, 0.2) is 53.4 Å². The summed E-state index contributed by atoms with van der Waals surface area (Å²) >= 11 is 0. The summed E-state index contributed by atoms with van der Waals surface area (Å²) in [5.74, 6) is -0.603. The van der Waals surface area contributed by atoms with Gasteiger partial charge in [-0.2, -0.15) is 0 Å². The molecule has 2 aromatic rings. The van der Waals surface area contributed by atoms with Crippen molar-refractivity contribution in [2.24, 2.45) is 0 Å². The number of carbonyl (C=O) groups is 1. The van der Waals surface area contributed by atoms with Crippen LogP contribution in [-0.2, 0) is 14.6 Å². The van der Waals surface area contributed by atoms with E-state index in [1.165, 1.54) is 24.3 Å². The number of nitro benzene ring substituents is 1. The van der Waals surface area contributed by atoms with E-state index < -0.39 is 14.8 Å². The lowest BCUT2D eigenvalue weighted by Gasteiger charge is -2.08. The van der Waals surface area contributed by atoms with E-state index >= 15 is 0 Å². The molecule has 0 unspecified atom stereocenters. The summed E-state index contributed by atoms with van der Waals surface area (Å²) in [6.07, 6.45) is -0.117. The van der Waals surface area contributed by atoms with E-state index in [1.54, 1.807) is 24.3 Å². The van der Waals surface area contributed by atoms with Gasteiger partial charge in [-0.25, -0.2) is 8.42 Å². The maximum Gasteiger partial charge on any atom is 0.269 e. The number of nitro groups is 1. The number of benzene rings is 2. The Morgan fingerprint density at radius 2 is 1.67 bits per heavy atom. The third-order valence-corrected chi connectivity index (χ3v) is 5.56. The molecule has 0 atom stereocenters. The molecule has 2 aromatic carbocycles. The van der Waals surface area contributed by atoms with Crippen molar-refractivity contribution in [3.8, 4) is 0 Å². The highest BCUT2D eigenvalue weighted by Crippen LogP contribution is 2.15. The van der Waals surface area contributed by atoms with E-state index in [4.69, 9.17) is 0 Å². The molecule has 1 amide bonds. The zero-order chi connectivity index (χ0) is 19.9. The zero-order valence-corrected chi connectivity index (χ0v) is 15.7. The number of aryl methyl sites for hydroxylation is 1. The molecule has 9 heteroatoms. The highest BCUT2D eigenvalue weighted by atomic mass is 32.2. The fraction of sp³-hybridized carbons (Fsp3) is 0.278. The molecule has 2 N–H and O–H groups in total. The number of amides is 1. The Kier molecular flexibility index (Phi) is 6.89. The molecule has 0 saturated carbocycles. The maximum atomic E-state index is 12.2. The smallest absolute Gasteiger partial charge is 0.269 e. The Labute approximate surface area is 157 Å². The summed E-state index contributed by atoms with van der Waals surface area (Å²) < 4.78 is 24.4. The number of sulfone groups is 1. The Balaban J connectivity index is 1.71. The zero-order valence-electron chi connectivity index (χ0n) is 14.8. The minimum Gasteiger partial charge on any atom is -0.383 e. The standard InChI is InChI=1S/C18H21N3O5S/c1-14-2-8-17(9-3-14)27(25,26)13-10-18(22)20-12-11-19-15-4-6-16(7-5-15)21(23)24/h2-9,19H,10-13H2,1H3,(H,20,22). The first-order valence-electron chi connectivity index (χ1n) is 8.32. The topological polar surface area (TPSA) is 118 Å². The molecule has 0 fully saturated rings. The molecule has 8 nitrogen and oxygen atoms in total. The molecule has 0 aromatic heterocycles. The second-order valence-corrected chi connectivity index (χ2v) is 8.07. The number of nitrogens with one attached hydrogen (secondary N) is 2. The summed E-state index contributed by atoms with van der Waals surface area (Å²) in [4.78, 5) is 22.1. The van der Waals surface area contributed by atoms with Gasteiger partial charge in [0.05, 0.1) is 15.6 Å². The van der Waals surface area contributed by atoms with E-state index in [2.05, 4.69) is 10.6 Å². The Bertz CT molecular complexity index is 894. The number of anilines is 1. The third-order valence-electron chi connectivity index (χ3n) is 3.83. The predicted octanol–water partition coefficient (Wildman–Crippen LogP) is 2.30. The molecule has 0 aliphatic carbocycles. The normalized spacial score (nSPS) is 11.0. The molecule has 2 rings (SSSR count). The van der Waals surface area contributed by atoms with E-state index in [-0.39, 0.29) is 28.7 Å². The van der Waals surface area contributed by atoms with Gasteiger partial charge >= 0.3 is 0 Å². The lowest BCUT2D eigenvalue weighted by Crippen LogP contribution is -2.30. The van der Waals surface area contributed by atoms with Gasteiger partial charge < -0.3 is 10.6 Å². The lowest BCUT2D eigenvalue weighted by molar-refractivity contribution is -0.384. The van der Waals surface area contributed by atoms with Crippen molar-refractivity contribution in [3.05, 3.63) is 64.2 Å². The summed E-state index contributed by atoms with van der Waals surface area (Å²) in [6, 6.07) is 12.4. The summed E-state index contributed by atoms with van der Waals surface area (Å²) in [6.45, 7) is 2.59. The van der Waals surface area contributed by atoms with Gasteiger partial charge in [-0.1, -0.05) is 17.7 Å². The number of carbonyl (C=O) groups excluding carboxylic acids is 1. The first kappa shape index (κ1) is 20.4. The van der Waals surface area contributed by atoms with Crippen LogP contribution < -0.4 is 10.6 Å². The first-order valence-corrected chi connectivity index (χ1v) is 9.97. The molecule has 0 spiro atoms. The van der Waals surface area contributed by atoms with Crippen molar-refractivity contribution >= 4 is 27.1 Å². The SMILES string of the molecule is Cc1ccc(S(=O)(=O)CCC(=O)NCCNc2ccc([N+](=O)[O-])cc2)cc1. The molecule has 144 valence electrons. The minimum absolute atomic E-state index is 0.00337. The number of non-ortho nitro benzene ring substituents is 1. The van der Waals surface area contributed by atoms with Crippen LogP contribution in [0, 0.1) is 17.0 Å². The molecule has 27 heavy (non-hydrogen) atoms. The summed E-state index contributed by atoms with van der Waals surface area (Å²) in [7, 11) is -3.49. The van der Waals surface area contributed by atoms with Crippen molar-refractivity contribution in [1.82, 2.24) is 5.32 Å². The van der Waals surface area contributed by atoms with Gasteiger partial charge in [0.2, 0.25) is 5.91 Å². The largest absolute Gasteiger partial charge is 0.383 e.